The van der Waals surface area contributed by atoms with E-state index in [1.165, 1.54) is 23.3 Å². The number of hydrogen-bond acceptors (Lipinski definition) is 3. The molecule has 0 aliphatic carbocycles. The van der Waals surface area contributed by atoms with Crippen molar-refractivity contribution >= 4 is 23.5 Å². The Balaban J connectivity index is 1.31. The van der Waals surface area contributed by atoms with E-state index in [1.807, 2.05) is 30.5 Å². The molecule has 0 saturated carbocycles. The quantitative estimate of drug-likeness (QED) is 0.736. The van der Waals surface area contributed by atoms with Gasteiger partial charge in [0, 0.05) is 35.3 Å². The summed E-state index contributed by atoms with van der Waals surface area (Å²) in [6.45, 7) is 1.02. The normalized spacial score (nSPS) is 24.6. The molecule has 142 valence electrons. The zero-order valence-electron chi connectivity index (χ0n) is 15.7. The van der Waals surface area contributed by atoms with Crippen LogP contribution < -0.4 is 10.6 Å². The number of amides is 2. The van der Waals surface area contributed by atoms with Gasteiger partial charge in [-0.3, -0.25) is 4.90 Å². The molecule has 2 bridgehead atoms. The molecule has 4 rings (SSSR count). The van der Waals surface area contributed by atoms with Crippen molar-refractivity contribution in [3.63, 3.8) is 0 Å². The summed E-state index contributed by atoms with van der Waals surface area (Å²) in [4.78, 5) is 16.2. The first kappa shape index (κ1) is 18.4. The van der Waals surface area contributed by atoms with Gasteiger partial charge in [0.1, 0.15) is 0 Å². The minimum Gasteiger partial charge on any atom is -0.335 e. The molecule has 0 radical (unpaired) electrons. The van der Waals surface area contributed by atoms with Crippen molar-refractivity contribution in [2.75, 3.05) is 11.6 Å². The molecule has 27 heavy (non-hydrogen) atoms. The molecule has 2 N–H and O–H groups in total. The fourth-order valence-electron chi connectivity index (χ4n) is 4.47. The number of fused-ring (bicyclic) bond motifs is 2. The van der Waals surface area contributed by atoms with Gasteiger partial charge >= 0.3 is 6.03 Å². The lowest BCUT2D eigenvalue weighted by Crippen LogP contribution is -2.50. The Morgan fingerprint density at radius 2 is 1.70 bits per heavy atom. The third-order valence-electron chi connectivity index (χ3n) is 5.78. The monoisotopic (exact) mass is 381 g/mol. The van der Waals surface area contributed by atoms with Gasteiger partial charge in [-0.2, -0.15) is 0 Å². The second kappa shape index (κ2) is 8.36. The number of urea groups is 1. The highest BCUT2D eigenvalue weighted by Crippen LogP contribution is 2.36. The van der Waals surface area contributed by atoms with Gasteiger partial charge in [0.05, 0.1) is 0 Å². The Labute approximate surface area is 165 Å². The average Bonchev–Trinajstić information content (AvgIpc) is 2.91. The highest BCUT2D eigenvalue weighted by molar-refractivity contribution is 7.98. The maximum Gasteiger partial charge on any atom is 0.319 e. The predicted molar refractivity (Wildman–Crippen MR) is 112 cm³/mol. The van der Waals surface area contributed by atoms with Crippen LogP contribution in [0.2, 0.25) is 0 Å². The van der Waals surface area contributed by atoms with E-state index in [2.05, 4.69) is 45.9 Å². The fraction of sp³-hybridized carbons (Fsp3) is 0.409. The van der Waals surface area contributed by atoms with Crippen LogP contribution >= 0.6 is 11.8 Å². The smallest absolute Gasteiger partial charge is 0.319 e. The van der Waals surface area contributed by atoms with Crippen LogP contribution in [0.1, 0.15) is 31.2 Å². The summed E-state index contributed by atoms with van der Waals surface area (Å²) in [6.07, 6.45) is 6.62. The topological polar surface area (TPSA) is 44.4 Å². The highest BCUT2D eigenvalue weighted by atomic mass is 32.2. The van der Waals surface area contributed by atoms with Crippen LogP contribution in [0.3, 0.4) is 0 Å². The van der Waals surface area contributed by atoms with E-state index >= 15 is 0 Å². The van der Waals surface area contributed by atoms with Crippen LogP contribution in [0.25, 0.3) is 0 Å². The SMILES string of the molecule is CSc1ccc(NC(=O)NC2C[C@H]3CC[C@@H](C2)N3Cc2ccccc2)cc1. The third-order valence-corrected chi connectivity index (χ3v) is 6.52. The second-order valence-corrected chi connectivity index (χ2v) is 8.42. The molecule has 5 heteroatoms. The number of nitrogens with one attached hydrogen (secondary N) is 2. The number of carbonyl (C=O) groups excluding carboxylic acids is 1. The maximum atomic E-state index is 12.4. The molecule has 3 atom stereocenters. The van der Waals surface area contributed by atoms with Crippen molar-refractivity contribution in [2.45, 2.75) is 55.2 Å². The van der Waals surface area contributed by atoms with Crippen LogP contribution in [0.5, 0.6) is 0 Å². The van der Waals surface area contributed by atoms with Gasteiger partial charge < -0.3 is 10.6 Å². The summed E-state index contributed by atoms with van der Waals surface area (Å²) in [6, 6.07) is 20.0. The van der Waals surface area contributed by atoms with Gasteiger partial charge in [0.15, 0.2) is 0 Å². The second-order valence-electron chi connectivity index (χ2n) is 7.54. The van der Waals surface area contributed by atoms with E-state index in [0.717, 1.165) is 25.1 Å². The van der Waals surface area contributed by atoms with Gasteiger partial charge in [-0.1, -0.05) is 30.3 Å². The first-order chi connectivity index (χ1) is 13.2. The minimum absolute atomic E-state index is 0.0900. The van der Waals surface area contributed by atoms with Crippen LogP contribution in [-0.2, 0) is 6.54 Å². The first-order valence-electron chi connectivity index (χ1n) is 9.72. The maximum absolute atomic E-state index is 12.4. The molecule has 2 aliphatic rings. The number of piperidine rings is 1. The van der Waals surface area contributed by atoms with E-state index < -0.39 is 0 Å². The molecule has 0 spiro atoms. The van der Waals surface area contributed by atoms with Crippen molar-refractivity contribution in [1.82, 2.24) is 10.2 Å². The zero-order valence-corrected chi connectivity index (χ0v) is 16.5. The highest BCUT2D eigenvalue weighted by Gasteiger charge is 2.40. The lowest BCUT2D eigenvalue weighted by Gasteiger charge is -2.39. The van der Waals surface area contributed by atoms with Gasteiger partial charge in [-0.05, 0) is 61.8 Å². The lowest BCUT2D eigenvalue weighted by molar-refractivity contribution is 0.112. The summed E-state index contributed by atoms with van der Waals surface area (Å²) in [5.74, 6) is 0. The van der Waals surface area contributed by atoms with E-state index in [1.54, 1.807) is 11.8 Å². The number of anilines is 1. The number of benzene rings is 2. The zero-order chi connectivity index (χ0) is 18.6. The molecule has 2 aromatic carbocycles. The summed E-state index contributed by atoms with van der Waals surface area (Å²) in [7, 11) is 0. The molecular weight excluding hydrogens is 354 g/mol. The molecular formula is C22H27N3OS. The molecule has 2 saturated heterocycles. The fourth-order valence-corrected chi connectivity index (χ4v) is 4.88. The first-order valence-corrected chi connectivity index (χ1v) is 10.9. The molecule has 2 aromatic rings. The minimum atomic E-state index is -0.0900. The van der Waals surface area contributed by atoms with Gasteiger partial charge in [0.25, 0.3) is 0 Å². The standard InChI is InChI=1S/C22H27N3OS/c1-27-21-11-7-17(8-12-21)23-22(26)24-18-13-19-9-10-20(14-18)25(19)15-16-5-3-2-4-6-16/h2-8,11-12,18-20H,9-10,13-15H2,1H3,(H2,23,24,26)/t18?,19-,20+. The molecule has 2 heterocycles. The average molecular weight is 382 g/mol. The summed E-state index contributed by atoms with van der Waals surface area (Å²) >= 11 is 1.70. The van der Waals surface area contributed by atoms with Gasteiger partial charge in [-0.15, -0.1) is 11.8 Å². The van der Waals surface area contributed by atoms with Crippen molar-refractivity contribution in [3.8, 4) is 0 Å². The van der Waals surface area contributed by atoms with Crippen molar-refractivity contribution < 1.29 is 4.79 Å². The van der Waals surface area contributed by atoms with E-state index in [4.69, 9.17) is 0 Å². The number of thioether (sulfide) groups is 1. The van der Waals surface area contributed by atoms with E-state index in [9.17, 15) is 4.79 Å². The Morgan fingerprint density at radius 3 is 2.33 bits per heavy atom. The molecule has 2 aliphatic heterocycles. The molecule has 0 aromatic heterocycles. The summed E-state index contributed by atoms with van der Waals surface area (Å²) < 4.78 is 0. The number of rotatable bonds is 5. The number of hydrogen-bond donors (Lipinski definition) is 2. The Morgan fingerprint density at radius 1 is 1.04 bits per heavy atom. The summed E-state index contributed by atoms with van der Waals surface area (Å²) in [5.41, 5.74) is 2.22. The van der Waals surface area contributed by atoms with Gasteiger partial charge in [0.2, 0.25) is 0 Å². The molecule has 4 nitrogen and oxygen atoms in total. The van der Waals surface area contributed by atoms with Gasteiger partial charge in [-0.25, -0.2) is 4.79 Å². The summed E-state index contributed by atoms with van der Waals surface area (Å²) in [5, 5.41) is 6.17. The lowest BCUT2D eigenvalue weighted by atomic mass is 9.96. The largest absolute Gasteiger partial charge is 0.335 e. The Bertz CT molecular complexity index is 751. The number of carbonyl (C=O) groups is 1. The number of nitrogens with zero attached hydrogens (tertiary/aromatic N) is 1. The Hall–Kier alpha value is -1.98. The van der Waals surface area contributed by atoms with Crippen molar-refractivity contribution in [3.05, 3.63) is 60.2 Å². The molecule has 2 amide bonds. The van der Waals surface area contributed by atoms with E-state index in [0.29, 0.717) is 12.1 Å². The van der Waals surface area contributed by atoms with Crippen LogP contribution in [0.4, 0.5) is 10.5 Å². The van der Waals surface area contributed by atoms with Crippen LogP contribution in [-0.4, -0.2) is 35.3 Å². The molecule has 1 unspecified atom stereocenters. The van der Waals surface area contributed by atoms with E-state index in [-0.39, 0.29) is 12.1 Å². The Kier molecular flexibility index (Phi) is 5.69. The van der Waals surface area contributed by atoms with Crippen molar-refractivity contribution in [2.24, 2.45) is 0 Å². The van der Waals surface area contributed by atoms with Crippen molar-refractivity contribution in [1.29, 1.82) is 0 Å². The molecule has 2 fully saturated rings. The van der Waals surface area contributed by atoms with Crippen LogP contribution in [0.15, 0.2) is 59.5 Å². The third kappa shape index (κ3) is 4.47. The predicted octanol–water partition coefficient (Wildman–Crippen LogP) is 4.73. The van der Waals surface area contributed by atoms with Crippen LogP contribution in [0, 0.1) is 0 Å².